The van der Waals surface area contributed by atoms with Gasteiger partial charge in [-0.2, -0.15) is 13.2 Å². The van der Waals surface area contributed by atoms with E-state index in [0.717, 1.165) is 30.5 Å². The average molecular weight is 416 g/mol. The van der Waals surface area contributed by atoms with Gasteiger partial charge in [-0.25, -0.2) is 22.2 Å². The molecule has 0 unspecified atom stereocenters. The number of rotatable bonds is 3. The maximum Gasteiger partial charge on any atom is 0.433 e. The van der Waals surface area contributed by atoms with Crippen molar-refractivity contribution in [3.05, 3.63) is 59.3 Å². The van der Waals surface area contributed by atoms with Crippen LogP contribution in [-0.2, 0) is 16.0 Å². The van der Waals surface area contributed by atoms with Crippen LogP contribution in [0.25, 0.3) is 22.6 Å². The van der Waals surface area contributed by atoms with Crippen LogP contribution >= 0.6 is 0 Å². The van der Waals surface area contributed by atoms with Crippen molar-refractivity contribution >= 4 is 9.84 Å². The Morgan fingerprint density at radius 2 is 1.50 bits per heavy atom. The number of aromatic amines is 1. The van der Waals surface area contributed by atoms with Gasteiger partial charge in [0.25, 0.3) is 0 Å². The van der Waals surface area contributed by atoms with Crippen molar-refractivity contribution < 1.29 is 30.4 Å². The molecule has 0 aliphatic carbocycles. The summed E-state index contributed by atoms with van der Waals surface area (Å²) in [5, 5.41) is 0. The first-order chi connectivity index (χ1) is 12.9. The Kier molecular flexibility index (Phi) is 4.78. The fourth-order valence-corrected chi connectivity index (χ4v) is 3.20. The lowest BCUT2D eigenvalue weighted by Gasteiger charge is -2.07. The largest absolute Gasteiger partial charge is 0.433 e. The van der Waals surface area contributed by atoms with Crippen LogP contribution in [0, 0.1) is 18.6 Å². The fourth-order valence-electron chi connectivity index (χ4n) is 2.57. The van der Waals surface area contributed by atoms with Crippen LogP contribution in [0.5, 0.6) is 0 Å². The number of halogens is 5. The highest BCUT2D eigenvalue weighted by Gasteiger charge is 2.37. The van der Waals surface area contributed by atoms with Gasteiger partial charge in [-0.1, -0.05) is 12.1 Å². The molecule has 28 heavy (non-hydrogen) atoms. The third-order valence-corrected chi connectivity index (χ3v) is 5.23. The first kappa shape index (κ1) is 20.0. The van der Waals surface area contributed by atoms with Crippen molar-refractivity contribution in [1.82, 2.24) is 9.97 Å². The number of sulfone groups is 1. The van der Waals surface area contributed by atoms with Gasteiger partial charge in [0, 0.05) is 22.9 Å². The minimum absolute atomic E-state index is 0.00437. The summed E-state index contributed by atoms with van der Waals surface area (Å²) in [7, 11) is -3.53. The quantitative estimate of drug-likeness (QED) is 0.627. The topological polar surface area (TPSA) is 62.8 Å². The number of hydrogen-bond donors (Lipinski definition) is 1. The number of nitrogens with zero attached hydrogens (tertiary/aromatic N) is 1. The summed E-state index contributed by atoms with van der Waals surface area (Å²) in [5.74, 6) is -2.20. The summed E-state index contributed by atoms with van der Waals surface area (Å²) >= 11 is 0. The molecule has 0 aliphatic heterocycles. The highest BCUT2D eigenvalue weighted by Crippen LogP contribution is 2.37. The maximum absolute atomic E-state index is 13.8. The van der Waals surface area contributed by atoms with E-state index in [-0.39, 0.29) is 27.4 Å². The number of nitrogens with one attached hydrogen (secondary N) is 1. The van der Waals surface area contributed by atoms with Gasteiger partial charge in [-0.3, -0.25) is 0 Å². The van der Waals surface area contributed by atoms with Gasteiger partial charge in [0.15, 0.2) is 9.84 Å². The summed E-state index contributed by atoms with van der Waals surface area (Å²) in [6.07, 6.45) is -3.85. The van der Waals surface area contributed by atoms with Gasteiger partial charge in [-0.15, -0.1) is 0 Å². The van der Waals surface area contributed by atoms with Crippen LogP contribution in [0.1, 0.15) is 11.3 Å². The van der Waals surface area contributed by atoms with Crippen molar-refractivity contribution in [2.45, 2.75) is 18.0 Å². The van der Waals surface area contributed by atoms with Gasteiger partial charge in [0.2, 0.25) is 0 Å². The molecule has 10 heteroatoms. The number of benzene rings is 2. The van der Waals surface area contributed by atoms with Gasteiger partial charge in [0.05, 0.1) is 4.90 Å². The second-order valence-corrected chi connectivity index (χ2v) is 8.18. The molecule has 0 fully saturated rings. The molecule has 1 aromatic heterocycles. The summed E-state index contributed by atoms with van der Waals surface area (Å²) in [4.78, 5) is 5.86. The molecule has 0 atom stereocenters. The summed E-state index contributed by atoms with van der Waals surface area (Å²) < 4.78 is 90.9. The lowest BCUT2D eigenvalue weighted by Crippen LogP contribution is -2.07. The molecule has 0 aliphatic rings. The highest BCUT2D eigenvalue weighted by molar-refractivity contribution is 7.90. The third kappa shape index (κ3) is 3.77. The number of hydrogen-bond acceptors (Lipinski definition) is 3. The molecule has 0 amide bonds. The van der Waals surface area contributed by atoms with E-state index < -0.39 is 39.0 Å². The molecule has 1 heterocycles. The van der Waals surface area contributed by atoms with E-state index in [1.165, 1.54) is 19.1 Å². The van der Waals surface area contributed by atoms with Gasteiger partial charge >= 0.3 is 6.18 Å². The Balaban J connectivity index is 2.17. The molecule has 3 rings (SSSR count). The van der Waals surface area contributed by atoms with Crippen LogP contribution in [-0.4, -0.2) is 24.6 Å². The second-order valence-electron chi connectivity index (χ2n) is 6.17. The van der Waals surface area contributed by atoms with E-state index in [1.54, 1.807) is 0 Å². The molecule has 0 bridgehead atoms. The maximum atomic E-state index is 13.8. The monoisotopic (exact) mass is 416 g/mol. The molecule has 2 aromatic carbocycles. The third-order valence-electron chi connectivity index (χ3n) is 4.10. The van der Waals surface area contributed by atoms with E-state index in [9.17, 15) is 30.4 Å². The number of aromatic nitrogens is 2. The SMILES string of the molecule is Cc1c(F)cc(-c2nc(-c3ccc(S(C)(=O)=O)cc3)c(C(F)(F)F)[nH]2)cc1F. The number of alkyl halides is 3. The van der Waals surface area contributed by atoms with Crippen LogP contribution in [0.4, 0.5) is 22.0 Å². The Morgan fingerprint density at radius 3 is 1.96 bits per heavy atom. The van der Waals surface area contributed by atoms with Crippen molar-refractivity contribution in [1.29, 1.82) is 0 Å². The second kappa shape index (κ2) is 6.69. The van der Waals surface area contributed by atoms with E-state index in [4.69, 9.17) is 0 Å². The Labute approximate surface area is 157 Å². The summed E-state index contributed by atoms with van der Waals surface area (Å²) in [5.41, 5.74) is -2.18. The molecular weight excluding hydrogens is 403 g/mol. The zero-order valence-electron chi connectivity index (χ0n) is 14.5. The Hall–Kier alpha value is -2.75. The predicted octanol–water partition coefficient (Wildman–Crippen LogP) is 4.75. The number of imidazole rings is 1. The van der Waals surface area contributed by atoms with E-state index >= 15 is 0 Å². The highest BCUT2D eigenvalue weighted by atomic mass is 32.2. The van der Waals surface area contributed by atoms with Gasteiger partial charge in [0.1, 0.15) is 28.8 Å². The predicted molar refractivity (Wildman–Crippen MR) is 92.2 cm³/mol. The minimum Gasteiger partial charge on any atom is -0.334 e. The van der Waals surface area contributed by atoms with Crippen LogP contribution in [0.3, 0.4) is 0 Å². The van der Waals surface area contributed by atoms with Crippen LogP contribution in [0.15, 0.2) is 41.3 Å². The summed E-state index contributed by atoms with van der Waals surface area (Å²) in [6.45, 7) is 1.20. The zero-order valence-corrected chi connectivity index (χ0v) is 15.3. The Bertz CT molecular complexity index is 1130. The number of H-pyrrole nitrogens is 1. The first-order valence-corrected chi connectivity index (χ1v) is 9.71. The van der Waals surface area contributed by atoms with Crippen molar-refractivity contribution in [3.8, 4) is 22.6 Å². The van der Waals surface area contributed by atoms with Crippen molar-refractivity contribution in [2.75, 3.05) is 6.26 Å². The van der Waals surface area contributed by atoms with Crippen molar-refractivity contribution in [2.24, 2.45) is 0 Å². The average Bonchev–Trinajstić information content (AvgIpc) is 3.04. The first-order valence-electron chi connectivity index (χ1n) is 7.81. The normalized spacial score (nSPS) is 12.4. The van der Waals surface area contributed by atoms with E-state index in [0.29, 0.717) is 0 Å². The lowest BCUT2D eigenvalue weighted by molar-refractivity contribution is -0.140. The van der Waals surface area contributed by atoms with E-state index in [2.05, 4.69) is 9.97 Å². The zero-order chi connectivity index (χ0) is 20.9. The Morgan fingerprint density at radius 1 is 0.964 bits per heavy atom. The van der Waals surface area contributed by atoms with E-state index in [1.807, 2.05) is 0 Å². The standard InChI is InChI=1S/C18H13F5N2O2S/c1-9-13(19)7-11(8-14(9)20)17-24-15(16(25-17)18(21,22)23)10-3-5-12(6-4-10)28(2,26)27/h3-8H,1-2H3,(H,24,25). The minimum atomic E-state index is -4.82. The summed E-state index contributed by atoms with van der Waals surface area (Å²) in [6, 6.07) is 6.44. The smallest absolute Gasteiger partial charge is 0.334 e. The van der Waals surface area contributed by atoms with Crippen LogP contribution < -0.4 is 0 Å². The molecule has 3 aromatic rings. The lowest BCUT2D eigenvalue weighted by atomic mass is 10.1. The molecular formula is C18H13F5N2O2S. The molecule has 0 saturated heterocycles. The molecule has 0 spiro atoms. The van der Waals surface area contributed by atoms with Crippen molar-refractivity contribution in [3.63, 3.8) is 0 Å². The molecule has 0 radical (unpaired) electrons. The fraction of sp³-hybridized carbons (Fsp3) is 0.167. The van der Waals surface area contributed by atoms with Crippen LogP contribution in [0.2, 0.25) is 0 Å². The van der Waals surface area contributed by atoms with Gasteiger partial charge < -0.3 is 4.98 Å². The molecule has 148 valence electrons. The van der Waals surface area contributed by atoms with Gasteiger partial charge in [-0.05, 0) is 31.2 Å². The molecule has 4 nitrogen and oxygen atoms in total. The molecule has 1 N–H and O–H groups in total. The molecule has 0 saturated carbocycles.